The third-order valence-corrected chi connectivity index (χ3v) is 2.98. The van der Waals surface area contributed by atoms with Crippen molar-refractivity contribution in [3.8, 4) is 0 Å². The molecule has 112 valence electrons. The summed E-state index contributed by atoms with van der Waals surface area (Å²) in [5, 5.41) is 2.90. The van der Waals surface area contributed by atoms with Crippen molar-refractivity contribution >= 4 is 5.97 Å². The highest BCUT2D eigenvalue weighted by Gasteiger charge is 2.38. The first kappa shape index (κ1) is 16.5. The van der Waals surface area contributed by atoms with Crippen molar-refractivity contribution in [3.05, 3.63) is 35.4 Å². The molecule has 0 aromatic heterocycles. The van der Waals surface area contributed by atoms with Crippen molar-refractivity contribution < 1.29 is 22.7 Å². The highest BCUT2D eigenvalue weighted by Crippen LogP contribution is 2.32. The molecule has 1 rings (SSSR count). The number of carbonyl (C=O) groups excluding carboxylic acids is 1. The van der Waals surface area contributed by atoms with Crippen molar-refractivity contribution in [1.29, 1.82) is 0 Å². The van der Waals surface area contributed by atoms with Gasteiger partial charge in [0.25, 0.3) is 0 Å². The molecule has 0 bridgehead atoms. The maximum Gasteiger partial charge on any atom is 0.416 e. The van der Waals surface area contributed by atoms with Crippen LogP contribution < -0.4 is 5.32 Å². The Hall–Kier alpha value is -1.56. The molecule has 20 heavy (non-hydrogen) atoms. The van der Waals surface area contributed by atoms with Crippen LogP contribution in [0.5, 0.6) is 0 Å². The lowest BCUT2D eigenvalue weighted by Gasteiger charge is -2.29. The van der Waals surface area contributed by atoms with E-state index < -0.39 is 23.2 Å². The Morgan fingerprint density at radius 1 is 1.25 bits per heavy atom. The Kier molecular flexibility index (Phi) is 5.16. The number of alkyl halides is 3. The van der Waals surface area contributed by atoms with Gasteiger partial charge >= 0.3 is 12.1 Å². The number of ether oxygens (including phenoxy) is 1. The zero-order chi connectivity index (χ0) is 15.4. The molecule has 1 N–H and O–H groups in total. The van der Waals surface area contributed by atoms with Crippen LogP contribution in [0.15, 0.2) is 24.3 Å². The lowest BCUT2D eigenvalue weighted by molar-refractivity contribution is -0.151. The first-order valence-electron chi connectivity index (χ1n) is 6.35. The van der Waals surface area contributed by atoms with Gasteiger partial charge in [-0.25, -0.2) is 4.79 Å². The van der Waals surface area contributed by atoms with E-state index in [9.17, 15) is 18.0 Å². The Balaban J connectivity index is 3.25. The molecule has 6 heteroatoms. The summed E-state index contributed by atoms with van der Waals surface area (Å²) in [6, 6.07) is 4.71. The molecule has 0 aliphatic carbocycles. The Bertz CT molecular complexity index is 474. The average Bonchev–Trinajstić information content (AvgIpc) is 2.38. The molecule has 1 unspecified atom stereocenters. The number of halogens is 3. The van der Waals surface area contributed by atoms with Gasteiger partial charge in [-0.15, -0.1) is 0 Å². The standard InChI is InChI=1S/C14H18F3NO2/c1-4-18-13(3,12(19)20-5-2)10-7-6-8-11(9-10)14(15,16)17/h6-9,18H,4-5H2,1-3H3. The first-order chi connectivity index (χ1) is 9.25. The molecule has 3 nitrogen and oxygen atoms in total. The van der Waals surface area contributed by atoms with Crippen LogP contribution in [0.1, 0.15) is 31.9 Å². The van der Waals surface area contributed by atoms with Crippen LogP contribution in [0.25, 0.3) is 0 Å². The fraction of sp³-hybridized carbons (Fsp3) is 0.500. The summed E-state index contributed by atoms with van der Waals surface area (Å²) in [6.07, 6.45) is -4.45. The van der Waals surface area contributed by atoms with Gasteiger partial charge in [0.2, 0.25) is 0 Å². The van der Waals surface area contributed by atoms with Crippen LogP contribution in [0, 0.1) is 0 Å². The van der Waals surface area contributed by atoms with Gasteiger partial charge in [0.15, 0.2) is 0 Å². The van der Waals surface area contributed by atoms with E-state index in [1.807, 2.05) is 0 Å². The second kappa shape index (κ2) is 6.26. The number of esters is 1. The molecule has 1 aromatic carbocycles. The third-order valence-electron chi connectivity index (χ3n) is 2.98. The normalized spacial score (nSPS) is 14.7. The minimum absolute atomic E-state index is 0.165. The number of likely N-dealkylation sites (N-methyl/N-ethyl adjacent to an activating group) is 1. The molecule has 0 saturated heterocycles. The van der Waals surface area contributed by atoms with E-state index >= 15 is 0 Å². The molecular weight excluding hydrogens is 271 g/mol. The van der Waals surface area contributed by atoms with E-state index in [0.29, 0.717) is 6.54 Å². The molecule has 0 aliphatic rings. The van der Waals surface area contributed by atoms with E-state index in [2.05, 4.69) is 5.32 Å². The average molecular weight is 289 g/mol. The van der Waals surface area contributed by atoms with Gasteiger partial charge in [-0.05, 0) is 38.1 Å². The van der Waals surface area contributed by atoms with Gasteiger partial charge in [0, 0.05) is 0 Å². The number of hydrogen-bond donors (Lipinski definition) is 1. The quantitative estimate of drug-likeness (QED) is 0.847. The van der Waals surface area contributed by atoms with Gasteiger partial charge in [-0.1, -0.05) is 19.1 Å². The number of nitrogens with one attached hydrogen (secondary N) is 1. The summed E-state index contributed by atoms with van der Waals surface area (Å²) < 4.78 is 43.2. The maximum atomic E-state index is 12.8. The predicted octanol–water partition coefficient (Wildman–Crippen LogP) is 3.09. The number of carbonyl (C=O) groups is 1. The maximum absolute atomic E-state index is 12.8. The van der Waals surface area contributed by atoms with Crippen molar-refractivity contribution in [2.24, 2.45) is 0 Å². The molecule has 0 saturated carbocycles. The van der Waals surface area contributed by atoms with Crippen molar-refractivity contribution in [2.75, 3.05) is 13.2 Å². The van der Waals surface area contributed by atoms with Crippen LogP contribution in [0.4, 0.5) is 13.2 Å². The highest BCUT2D eigenvalue weighted by atomic mass is 19.4. The highest BCUT2D eigenvalue weighted by molar-refractivity contribution is 5.82. The fourth-order valence-electron chi connectivity index (χ4n) is 1.93. The lowest BCUT2D eigenvalue weighted by atomic mass is 9.90. The number of hydrogen-bond acceptors (Lipinski definition) is 3. The molecule has 0 spiro atoms. The van der Waals surface area contributed by atoms with Crippen LogP contribution >= 0.6 is 0 Å². The summed E-state index contributed by atoms with van der Waals surface area (Å²) >= 11 is 0. The van der Waals surface area contributed by atoms with Crippen LogP contribution in [0.2, 0.25) is 0 Å². The van der Waals surface area contributed by atoms with Crippen molar-refractivity contribution in [1.82, 2.24) is 5.32 Å². The lowest BCUT2D eigenvalue weighted by Crippen LogP contribution is -2.47. The summed E-state index contributed by atoms with van der Waals surface area (Å²) in [5.41, 5.74) is -1.86. The molecule has 0 amide bonds. The third kappa shape index (κ3) is 3.50. The summed E-state index contributed by atoms with van der Waals surface area (Å²) in [5.74, 6) is -0.596. The smallest absolute Gasteiger partial charge is 0.416 e. The molecular formula is C14H18F3NO2. The second-order valence-corrected chi connectivity index (χ2v) is 4.45. The largest absolute Gasteiger partial charge is 0.464 e. The van der Waals surface area contributed by atoms with Crippen LogP contribution in [-0.2, 0) is 21.2 Å². The summed E-state index contributed by atoms with van der Waals surface area (Å²) in [6.45, 7) is 5.52. The van der Waals surface area contributed by atoms with Gasteiger partial charge in [0.05, 0.1) is 12.2 Å². The van der Waals surface area contributed by atoms with Gasteiger partial charge in [-0.3, -0.25) is 5.32 Å². The molecule has 1 atom stereocenters. The molecule has 0 fully saturated rings. The van der Waals surface area contributed by atoms with Crippen LogP contribution in [-0.4, -0.2) is 19.1 Å². The van der Waals surface area contributed by atoms with E-state index in [-0.39, 0.29) is 12.2 Å². The van der Waals surface area contributed by atoms with E-state index in [0.717, 1.165) is 12.1 Å². The topological polar surface area (TPSA) is 38.3 Å². The summed E-state index contributed by atoms with van der Waals surface area (Å²) in [4.78, 5) is 12.1. The van der Waals surface area contributed by atoms with Gasteiger partial charge in [-0.2, -0.15) is 13.2 Å². The monoisotopic (exact) mass is 289 g/mol. The van der Waals surface area contributed by atoms with Crippen molar-refractivity contribution in [3.63, 3.8) is 0 Å². The van der Waals surface area contributed by atoms with E-state index in [1.165, 1.54) is 19.1 Å². The zero-order valence-corrected chi connectivity index (χ0v) is 11.7. The number of benzene rings is 1. The molecule has 0 aliphatic heterocycles. The van der Waals surface area contributed by atoms with E-state index in [4.69, 9.17) is 4.74 Å². The second-order valence-electron chi connectivity index (χ2n) is 4.45. The molecule has 1 aromatic rings. The Morgan fingerprint density at radius 2 is 1.85 bits per heavy atom. The van der Waals surface area contributed by atoms with Crippen molar-refractivity contribution in [2.45, 2.75) is 32.5 Å². The first-order valence-corrected chi connectivity index (χ1v) is 6.35. The van der Waals surface area contributed by atoms with Gasteiger partial charge in [0.1, 0.15) is 5.54 Å². The van der Waals surface area contributed by atoms with Gasteiger partial charge < -0.3 is 4.74 Å². The Morgan fingerprint density at radius 3 is 2.35 bits per heavy atom. The minimum atomic E-state index is -4.45. The summed E-state index contributed by atoms with van der Waals surface area (Å²) in [7, 11) is 0. The predicted molar refractivity (Wildman–Crippen MR) is 69.1 cm³/mol. The zero-order valence-electron chi connectivity index (χ0n) is 11.7. The molecule has 0 radical (unpaired) electrons. The van der Waals surface area contributed by atoms with Crippen LogP contribution in [0.3, 0.4) is 0 Å². The fourth-order valence-corrected chi connectivity index (χ4v) is 1.93. The number of rotatable bonds is 5. The SMILES string of the molecule is CCNC(C)(C(=O)OCC)c1cccc(C(F)(F)F)c1. The van der Waals surface area contributed by atoms with E-state index in [1.54, 1.807) is 13.8 Å². The molecule has 0 heterocycles. The Labute approximate surface area is 116 Å². The minimum Gasteiger partial charge on any atom is -0.464 e.